The van der Waals surface area contributed by atoms with Crippen molar-refractivity contribution in [2.24, 2.45) is 5.92 Å². The molecule has 4 aromatic rings. The number of fused-ring (bicyclic) bond motifs is 2. The fraction of sp³-hybridized carbons (Fsp3) is 0.364. The summed E-state index contributed by atoms with van der Waals surface area (Å²) in [6.07, 6.45) is 2.58. The monoisotopic (exact) mass is 437 g/mol. The quantitative estimate of drug-likeness (QED) is 0.452. The van der Waals surface area contributed by atoms with Gasteiger partial charge in [0, 0.05) is 42.7 Å². The van der Waals surface area contributed by atoms with Gasteiger partial charge >= 0.3 is 6.09 Å². The molecule has 32 heavy (non-hydrogen) atoms. The molecule has 4 heterocycles. The Labute approximate surface area is 183 Å². The van der Waals surface area contributed by atoms with Crippen molar-refractivity contribution in [2.75, 3.05) is 13.1 Å². The summed E-state index contributed by atoms with van der Waals surface area (Å²) in [5, 5.41) is 11.5. The van der Waals surface area contributed by atoms with Crippen LogP contribution in [-0.4, -0.2) is 49.5 Å². The van der Waals surface area contributed by atoms with Crippen molar-refractivity contribution in [1.82, 2.24) is 35.4 Å². The molecule has 0 unspecified atom stereocenters. The van der Waals surface area contributed by atoms with Crippen LogP contribution in [0.4, 0.5) is 9.18 Å². The zero-order chi connectivity index (χ0) is 22.5. The minimum absolute atomic E-state index is 0.270. The Balaban J connectivity index is 1.54. The summed E-state index contributed by atoms with van der Waals surface area (Å²) in [5.74, 6) is 0.407. The highest BCUT2D eigenvalue weighted by molar-refractivity contribution is 5.93. The van der Waals surface area contributed by atoms with Gasteiger partial charge in [-0.3, -0.25) is 4.68 Å². The number of rotatable bonds is 4. The molecule has 10 heteroatoms. The molecule has 0 radical (unpaired) electrons. The molecule has 3 aromatic heterocycles. The van der Waals surface area contributed by atoms with E-state index < -0.39 is 11.6 Å². The third kappa shape index (κ3) is 3.89. The SMILES string of the molecule is CC(C)(C)NC(=O)Oc1c[nH]c2ncc(-c3nn(CC4CNC4)c4cc(F)ccc34)nc12. The molecule has 1 saturated heterocycles. The van der Waals surface area contributed by atoms with Gasteiger partial charge in [-0.05, 0) is 39.0 Å². The van der Waals surface area contributed by atoms with Crippen molar-refractivity contribution >= 4 is 28.2 Å². The van der Waals surface area contributed by atoms with Crippen molar-refractivity contribution < 1.29 is 13.9 Å². The molecule has 9 nitrogen and oxygen atoms in total. The second-order valence-electron chi connectivity index (χ2n) is 9.09. The molecule has 1 aromatic carbocycles. The van der Waals surface area contributed by atoms with Crippen molar-refractivity contribution in [3.05, 3.63) is 36.4 Å². The van der Waals surface area contributed by atoms with E-state index in [1.807, 2.05) is 25.5 Å². The van der Waals surface area contributed by atoms with Gasteiger partial charge in [0.15, 0.2) is 16.9 Å². The first-order valence-corrected chi connectivity index (χ1v) is 10.5. The van der Waals surface area contributed by atoms with Crippen LogP contribution in [0.5, 0.6) is 5.75 Å². The van der Waals surface area contributed by atoms with E-state index in [0.29, 0.717) is 40.5 Å². The van der Waals surface area contributed by atoms with Gasteiger partial charge in [-0.1, -0.05) is 0 Å². The topological polar surface area (TPSA) is 110 Å². The number of aromatic nitrogens is 5. The summed E-state index contributed by atoms with van der Waals surface area (Å²) < 4.78 is 21.3. The number of amides is 1. The third-order valence-corrected chi connectivity index (χ3v) is 5.28. The summed E-state index contributed by atoms with van der Waals surface area (Å²) in [6.45, 7) is 8.12. The number of nitrogens with zero attached hydrogens (tertiary/aromatic N) is 4. The molecule has 5 rings (SSSR count). The second-order valence-corrected chi connectivity index (χ2v) is 9.09. The molecular weight excluding hydrogens is 413 g/mol. The van der Waals surface area contributed by atoms with Gasteiger partial charge in [0.25, 0.3) is 0 Å². The Morgan fingerprint density at radius 2 is 2.16 bits per heavy atom. The maximum atomic E-state index is 14.0. The van der Waals surface area contributed by atoms with Crippen molar-refractivity contribution in [2.45, 2.75) is 32.9 Å². The number of hydrogen-bond donors (Lipinski definition) is 3. The molecule has 0 atom stereocenters. The standard InChI is InChI=1S/C22H24FN7O2/c1-22(2,3)28-21(31)32-17-10-26-20-19(17)27-15(9-25-20)18-14-5-4-13(23)6-16(14)30(29-18)11-12-7-24-8-12/h4-6,9-10,12,24H,7-8,11H2,1-3H3,(H,25,26)(H,28,31). The van der Waals surface area contributed by atoms with Gasteiger partial charge in [-0.2, -0.15) is 5.10 Å². The number of ether oxygens (including phenoxy) is 1. The smallest absolute Gasteiger partial charge is 0.406 e. The molecule has 1 fully saturated rings. The fourth-order valence-corrected chi connectivity index (χ4v) is 3.69. The van der Waals surface area contributed by atoms with E-state index in [1.54, 1.807) is 18.5 Å². The number of carbonyl (C=O) groups excluding carboxylic acids is 1. The van der Waals surface area contributed by atoms with E-state index in [9.17, 15) is 9.18 Å². The van der Waals surface area contributed by atoms with E-state index in [4.69, 9.17) is 9.84 Å². The Bertz CT molecular complexity index is 1320. The minimum atomic E-state index is -0.579. The first-order valence-electron chi connectivity index (χ1n) is 10.5. The molecule has 0 bridgehead atoms. The maximum absolute atomic E-state index is 14.0. The van der Waals surface area contributed by atoms with Gasteiger partial charge in [0.2, 0.25) is 0 Å². The predicted molar refractivity (Wildman–Crippen MR) is 118 cm³/mol. The summed E-state index contributed by atoms with van der Waals surface area (Å²) in [7, 11) is 0. The lowest BCUT2D eigenvalue weighted by Crippen LogP contribution is -2.44. The lowest BCUT2D eigenvalue weighted by molar-refractivity contribution is 0.191. The van der Waals surface area contributed by atoms with Crippen molar-refractivity contribution in [3.8, 4) is 17.1 Å². The van der Waals surface area contributed by atoms with Crippen LogP contribution >= 0.6 is 0 Å². The number of carbonyl (C=O) groups is 1. The van der Waals surface area contributed by atoms with Crippen LogP contribution in [0.25, 0.3) is 33.5 Å². The Morgan fingerprint density at radius 1 is 1.34 bits per heavy atom. The van der Waals surface area contributed by atoms with Crippen LogP contribution in [0, 0.1) is 11.7 Å². The third-order valence-electron chi connectivity index (χ3n) is 5.28. The number of benzene rings is 1. The number of halogens is 1. The lowest BCUT2D eigenvalue weighted by atomic mass is 10.0. The molecule has 1 amide bonds. The van der Waals surface area contributed by atoms with Gasteiger partial charge in [-0.25, -0.2) is 19.2 Å². The van der Waals surface area contributed by atoms with Crippen LogP contribution in [-0.2, 0) is 6.54 Å². The molecule has 166 valence electrons. The number of H-pyrrole nitrogens is 1. The van der Waals surface area contributed by atoms with Gasteiger partial charge in [0.05, 0.1) is 11.7 Å². The number of nitrogens with one attached hydrogen (secondary N) is 3. The van der Waals surface area contributed by atoms with Gasteiger partial charge in [0.1, 0.15) is 17.2 Å². The van der Waals surface area contributed by atoms with E-state index in [-0.39, 0.29) is 11.6 Å². The summed E-state index contributed by atoms with van der Waals surface area (Å²) in [4.78, 5) is 24.3. The number of aromatic amines is 1. The predicted octanol–water partition coefficient (Wildman–Crippen LogP) is 3.22. The normalized spacial score (nSPS) is 14.6. The van der Waals surface area contributed by atoms with E-state index in [2.05, 4.69) is 25.6 Å². The summed E-state index contributed by atoms with van der Waals surface area (Å²) in [6, 6.07) is 4.61. The first-order chi connectivity index (χ1) is 15.3. The first kappa shape index (κ1) is 20.4. The van der Waals surface area contributed by atoms with Crippen LogP contribution in [0.15, 0.2) is 30.6 Å². The Kier molecular flexibility index (Phi) is 4.81. The minimum Gasteiger partial charge on any atom is -0.406 e. The molecule has 3 N–H and O–H groups in total. The highest BCUT2D eigenvalue weighted by Gasteiger charge is 2.22. The van der Waals surface area contributed by atoms with Crippen molar-refractivity contribution in [3.63, 3.8) is 0 Å². The zero-order valence-corrected chi connectivity index (χ0v) is 18.1. The van der Waals surface area contributed by atoms with Gasteiger partial charge in [-0.15, -0.1) is 0 Å². The highest BCUT2D eigenvalue weighted by atomic mass is 19.1. The summed E-state index contributed by atoms with van der Waals surface area (Å²) >= 11 is 0. The average molecular weight is 437 g/mol. The lowest BCUT2D eigenvalue weighted by Gasteiger charge is -2.27. The van der Waals surface area contributed by atoms with E-state index in [0.717, 1.165) is 18.5 Å². The largest absolute Gasteiger partial charge is 0.413 e. The Hall–Kier alpha value is -3.53. The highest BCUT2D eigenvalue weighted by Crippen LogP contribution is 2.31. The van der Waals surface area contributed by atoms with E-state index in [1.165, 1.54) is 12.1 Å². The average Bonchev–Trinajstić information content (AvgIpc) is 3.24. The van der Waals surface area contributed by atoms with Gasteiger partial charge < -0.3 is 20.4 Å². The van der Waals surface area contributed by atoms with E-state index >= 15 is 0 Å². The van der Waals surface area contributed by atoms with Crippen molar-refractivity contribution in [1.29, 1.82) is 0 Å². The molecule has 1 aliphatic rings. The molecule has 1 aliphatic heterocycles. The second kappa shape index (κ2) is 7.56. The number of hydrogen-bond acceptors (Lipinski definition) is 6. The molecule has 0 saturated carbocycles. The zero-order valence-electron chi connectivity index (χ0n) is 18.1. The fourth-order valence-electron chi connectivity index (χ4n) is 3.69. The van der Waals surface area contributed by atoms with Crippen LogP contribution in [0.2, 0.25) is 0 Å². The van der Waals surface area contributed by atoms with Crippen LogP contribution < -0.4 is 15.4 Å². The van der Waals surface area contributed by atoms with Crippen LogP contribution in [0.1, 0.15) is 20.8 Å². The molecule has 0 aliphatic carbocycles. The van der Waals surface area contributed by atoms with Crippen LogP contribution in [0.3, 0.4) is 0 Å². The Morgan fingerprint density at radius 3 is 2.88 bits per heavy atom. The maximum Gasteiger partial charge on any atom is 0.413 e. The molecule has 0 spiro atoms. The molecular formula is C22H24FN7O2. The summed E-state index contributed by atoms with van der Waals surface area (Å²) in [5.41, 5.74) is 2.30.